The lowest BCUT2D eigenvalue weighted by atomic mass is 9.71. The topological polar surface area (TPSA) is 68.8 Å². The second-order valence-corrected chi connectivity index (χ2v) is 44.1. The Bertz CT molecular complexity index is 4380. The van der Waals surface area contributed by atoms with E-state index in [0.29, 0.717) is 68.7 Å². The predicted molar refractivity (Wildman–Crippen MR) is 435 cm³/mol. The number of phenolic OH excluding ortho intramolecular Hbond substituents is 2. The fourth-order valence-electron chi connectivity index (χ4n) is 18.4. The molecule has 12 rings (SSSR count). The molecular weight excluding hydrogens is 1290 g/mol. The highest BCUT2D eigenvalue weighted by Gasteiger charge is 2.50. The molecule has 2 aromatic heterocycles. The summed E-state index contributed by atoms with van der Waals surface area (Å²) in [6, 6.07) is 45.4. The van der Waals surface area contributed by atoms with Crippen LogP contribution in [0.1, 0.15) is 263 Å². The summed E-state index contributed by atoms with van der Waals surface area (Å²) in [5, 5.41) is 31.5. The van der Waals surface area contributed by atoms with Crippen LogP contribution in [0.5, 0.6) is 23.0 Å². The zero-order valence-electron chi connectivity index (χ0n) is 66.6. The minimum atomic E-state index is -2.87. The van der Waals surface area contributed by atoms with E-state index in [9.17, 15) is 10.2 Å². The van der Waals surface area contributed by atoms with Gasteiger partial charge < -0.3 is 28.8 Å². The maximum atomic E-state index is 16.7. The van der Waals surface area contributed by atoms with Crippen LogP contribution >= 0.6 is 0 Å². The molecule has 0 saturated heterocycles. The number of halogens is 2. The highest BCUT2D eigenvalue weighted by atomic mass is 28.3. The van der Waals surface area contributed by atoms with E-state index in [4.69, 9.17) is 9.47 Å². The van der Waals surface area contributed by atoms with Gasteiger partial charge >= 0.3 is 0 Å². The van der Waals surface area contributed by atoms with Crippen molar-refractivity contribution < 1.29 is 28.5 Å². The van der Waals surface area contributed by atoms with Crippen LogP contribution in [0.15, 0.2) is 133 Å². The molecule has 2 heterocycles. The number of benzene rings is 8. The molecule has 0 unspecified atom stereocenters. The quantitative estimate of drug-likeness (QED) is 0.0946. The Kier molecular flexibility index (Phi) is 19.9. The number of hydrogen-bond donors (Lipinski definition) is 2. The summed E-state index contributed by atoms with van der Waals surface area (Å²) < 4.78 is 53.2. The van der Waals surface area contributed by atoms with E-state index in [1.165, 1.54) is 47.2 Å². The van der Waals surface area contributed by atoms with Gasteiger partial charge in [-0.25, -0.2) is 8.78 Å². The predicted octanol–water partition coefficient (Wildman–Crippen LogP) is 27.2. The van der Waals surface area contributed by atoms with Gasteiger partial charge in [-0.3, -0.25) is 0 Å². The Labute approximate surface area is 617 Å². The summed E-state index contributed by atoms with van der Waals surface area (Å²) in [4.78, 5) is 0. The highest BCUT2D eigenvalue weighted by molar-refractivity contribution is 6.82. The molecule has 0 spiro atoms. The number of phenols is 2. The fraction of sp³-hybridized carbons (Fsp3) is 0.489. The van der Waals surface area contributed by atoms with Crippen molar-refractivity contribution in [3.8, 4) is 56.6 Å². The van der Waals surface area contributed by atoms with Gasteiger partial charge in [-0.05, 0) is 210 Å². The normalized spacial score (nSPS) is 15.5. The van der Waals surface area contributed by atoms with Gasteiger partial charge in [0.25, 0.3) is 0 Å². The van der Waals surface area contributed by atoms with Gasteiger partial charge in [0.2, 0.25) is 0 Å². The zero-order chi connectivity index (χ0) is 74.7. The summed E-state index contributed by atoms with van der Waals surface area (Å²) in [5.41, 5.74) is 13.6. The largest absolute Gasteiger partial charge is 0.505 e. The molecule has 2 aliphatic rings. The van der Waals surface area contributed by atoms with Gasteiger partial charge in [0.1, 0.15) is 42.7 Å². The Morgan fingerprint density at radius 3 is 0.913 bits per heavy atom. The van der Waals surface area contributed by atoms with Crippen molar-refractivity contribution in [1.29, 1.82) is 0 Å². The third-order valence-corrected chi connectivity index (χ3v) is 29.2. The van der Waals surface area contributed by atoms with E-state index in [1.54, 1.807) is 24.3 Å². The molecule has 548 valence electrons. The van der Waals surface area contributed by atoms with E-state index in [1.807, 2.05) is 0 Å². The zero-order valence-corrected chi connectivity index (χ0v) is 67.6. The van der Waals surface area contributed by atoms with Crippen LogP contribution in [0.3, 0.4) is 0 Å². The van der Waals surface area contributed by atoms with Gasteiger partial charge in [0.05, 0.1) is 45.9 Å². The van der Waals surface area contributed by atoms with Gasteiger partial charge in [-0.2, -0.15) is 0 Å². The molecule has 6 nitrogen and oxygen atoms in total. The number of hydrogen-bond acceptors (Lipinski definition) is 4. The lowest BCUT2D eigenvalue weighted by molar-refractivity contribution is 0.283. The summed E-state index contributed by atoms with van der Waals surface area (Å²) in [5.74, 6) is 0.317. The minimum Gasteiger partial charge on any atom is -0.505 e. The van der Waals surface area contributed by atoms with E-state index < -0.39 is 19.7 Å². The first-order valence-corrected chi connectivity index (χ1v) is 41.3. The number of fused-ring (bicyclic) bond motifs is 6. The average molecular weight is 1410 g/mol. The number of aromatic nitrogens is 2. The monoisotopic (exact) mass is 1410 g/mol. The Hall–Kier alpha value is -7.36. The maximum Gasteiger partial charge on any atom is 0.148 e. The molecular formula is C94H120F2N2O4Si. The number of aromatic hydroxyl groups is 2. The Morgan fingerprint density at radius 1 is 0.350 bits per heavy atom. The number of ether oxygens (including phenoxy) is 2. The lowest BCUT2D eigenvalue weighted by Crippen LogP contribution is -2.56. The molecule has 8 aromatic carbocycles. The first-order chi connectivity index (χ1) is 47.9. The van der Waals surface area contributed by atoms with Crippen LogP contribution in [-0.2, 0) is 32.5 Å². The molecule has 0 amide bonds. The Balaban J connectivity index is 1.02. The molecule has 2 fully saturated rings. The molecule has 2 aliphatic carbocycles. The highest BCUT2D eigenvalue weighted by Crippen LogP contribution is 2.54. The average Bonchev–Trinajstić information content (AvgIpc) is 1.58. The molecule has 0 aliphatic heterocycles. The van der Waals surface area contributed by atoms with Crippen LogP contribution < -0.4 is 9.47 Å². The van der Waals surface area contributed by atoms with E-state index >= 15 is 8.78 Å². The second kappa shape index (κ2) is 27.2. The van der Waals surface area contributed by atoms with Crippen LogP contribution in [0.25, 0.3) is 77.2 Å². The van der Waals surface area contributed by atoms with Crippen LogP contribution in [0.2, 0.25) is 11.1 Å². The van der Waals surface area contributed by atoms with Crippen LogP contribution in [0.4, 0.5) is 8.78 Å². The van der Waals surface area contributed by atoms with Gasteiger partial charge in [0, 0.05) is 43.8 Å². The van der Waals surface area contributed by atoms with E-state index in [-0.39, 0.29) is 54.8 Å². The van der Waals surface area contributed by atoms with Crippen molar-refractivity contribution in [2.45, 2.75) is 273 Å². The summed E-state index contributed by atoms with van der Waals surface area (Å²) in [6.45, 7) is 49.9. The molecule has 10 aromatic rings. The standard InChI is InChI=1S/C94H120F2N2O4Si/c1-87(2,3)55-93(19,20)63-49-75(85(99)81(51-63)97-77-39-33-59(89(7,8)9)45-69(77)70-46-60(90(10,11)12)34-40-78(70)97)73-53-65(95)37-43-83(73)101-57-103(67-29-25-23-26-30-67,68-31-27-24-28-32-68)58-102-84-44-38-66(96)54-74(84)76-50-64(94(21,22)56-88(4,5)6)52-82(86(76)100)98-79-41-35-61(91(13,14)15)47-71(79)72-48-62(92(16,17)18)36-42-80(72)98/h33-54,67-68,99-100H,23-32,55-58H2,1-22H3. The Morgan fingerprint density at radius 2 is 0.641 bits per heavy atom. The number of nitrogens with zero attached hydrogens (tertiary/aromatic N) is 2. The minimum absolute atomic E-state index is 0.0464. The summed E-state index contributed by atoms with van der Waals surface area (Å²) in [6.07, 6.45) is 13.6. The van der Waals surface area contributed by atoms with E-state index in [0.717, 1.165) is 119 Å². The molecule has 103 heavy (non-hydrogen) atoms. The first-order valence-electron chi connectivity index (χ1n) is 38.7. The SMILES string of the molecule is CC(C)(C)CC(C)(C)c1cc(-c2cc(F)ccc2OC[Si](COc2ccc(F)cc2-c2cc(C(C)(C)CC(C)(C)C)cc(-n3c4ccc(C(C)(C)C)cc4c4cc(C(C)(C)C)ccc43)c2O)(C2CCCCC2)C2CCCCC2)c(O)c(-n2c3ccc(C(C)(C)C)cc3c3cc(C(C)(C)C)ccc32)c1. The van der Waals surface area contributed by atoms with Crippen LogP contribution in [0, 0.1) is 22.5 Å². The van der Waals surface area contributed by atoms with Crippen molar-refractivity contribution in [1.82, 2.24) is 9.13 Å². The molecule has 0 atom stereocenters. The van der Waals surface area contributed by atoms with Gasteiger partial charge in [0.15, 0.2) is 0 Å². The van der Waals surface area contributed by atoms with Gasteiger partial charge in [-0.1, -0.05) is 241 Å². The fourth-order valence-corrected chi connectivity index (χ4v) is 24.0. The van der Waals surface area contributed by atoms with Crippen molar-refractivity contribution in [3.63, 3.8) is 0 Å². The van der Waals surface area contributed by atoms with Crippen molar-refractivity contribution >= 4 is 51.7 Å². The summed E-state index contributed by atoms with van der Waals surface area (Å²) >= 11 is 0. The summed E-state index contributed by atoms with van der Waals surface area (Å²) in [7, 11) is -2.87. The first kappa shape index (κ1) is 75.3. The molecule has 9 heteroatoms. The van der Waals surface area contributed by atoms with Crippen molar-refractivity contribution in [3.05, 3.63) is 178 Å². The third kappa shape index (κ3) is 15.3. The molecule has 2 saturated carbocycles. The van der Waals surface area contributed by atoms with Gasteiger partial charge in [-0.15, -0.1) is 0 Å². The maximum absolute atomic E-state index is 16.7. The lowest BCUT2D eigenvalue weighted by Gasteiger charge is -2.47. The molecule has 0 radical (unpaired) electrons. The molecule has 2 N–H and O–H groups in total. The van der Waals surface area contributed by atoms with Crippen molar-refractivity contribution in [2.24, 2.45) is 10.8 Å². The van der Waals surface area contributed by atoms with Crippen molar-refractivity contribution in [2.75, 3.05) is 12.5 Å². The number of rotatable bonds is 16. The molecule has 0 bridgehead atoms. The third-order valence-electron chi connectivity index (χ3n) is 23.5. The van der Waals surface area contributed by atoms with Crippen LogP contribution in [-0.4, -0.2) is 39.9 Å². The smallest absolute Gasteiger partial charge is 0.148 e. The second-order valence-electron chi connectivity index (χ2n) is 39.4. The van der Waals surface area contributed by atoms with E-state index in [2.05, 4.69) is 259 Å².